The second kappa shape index (κ2) is 12.9. The molecule has 0 unspecified atom stereocenters. The van der Waals surface area contributed by atoms with Crippen LogP contribution in [0.25, 0.3) is 71.3 Å². The minimum Gasteiger partial charge on any atom is -0.455 e. The monoisotopic (exact) mass is 770 g/mol. The third-order valence-electron chi connectivity index (χ3n) is 13.0. The normalized spacial score (nSPS) is 13.8. The van der Waals surface area contributed by atoms with Gasteiger partial charge in [-0.2, -0.15) is 0 Å². The first-order chi connectivity index (χ1) is 28.3. The third kappa shape index (κ3) is 4.94. The van der Waals surface area contributed by atoms with Crippen LogP contribution in [0, 0.1) is 0 Å². The Kier molecular flexibility index (Phi) is 7.77. The molecule has 0 fully saturated rings. The number of aromatic nitrogens is 1. The molecule has 0 spiro atoms. The van der Waals surface area contributed by atoms with Gasteiger partial charge in [-0.25, -0.2) is 10.0 Å². The summed E-state index contributed by atoms with van der Waals surface area (Å²) in [6.07, 6.45) is 9.08. The minimum atomic E-state index is -0.921. The lowest BCUT2D eigenvalue weighted by molar-refractivity contribution is 0.490. The average molecular weight is 771 g/mol. The molecule has 0 radical (unpaired) electrons. The molecule has 4 heteroatoms. The zero-order valence-electron chi connectivity index (χ0n) is 33.7. The van der Waals surface area contributed by atoms with Crippen molar-refractivity contribution >= 4 is 81.6 Å². The van der Waals surface area contributed by atoms with Gasteiger partial charge in [0.25, 0.3) is 0 Å². The lowest BCUT2D eigenvalue weighted by Crippen LogP contribution is -2.23. The van der Waals surface area contributed by atoms with E-state index in [1.165, 1.54) is 59.7 Å². The van der Waals surface area contributed by atoms with Gasteiger partial charge >= 0.3 is 0 Å². The summed E-state index contributed by atoms with van der Waals surface area (Å²) in [5.74, 6) is 0. The molecule has 8 aromatic carbocycles. The second-order valence-corrected chi connectivity index (χ2v) is 20.8. The minimum absolute atomic E-state index is 0.172. The van der Waals surface area contributed by atoms with E-state index < -0.39 is 10.0 Å². The van der Waals surface area contributed by atoms with Crippen LogP contribution in [-0.4, -0.2) is 23.3 Å². The highest BCUT2D eigenvalue weighted by atomic mass is 32.3. The van der Waals surface area contributed by atoms with Gasteiger partial charge in [0.05, 0.1) is 22.1 Å². The van der Waals surface area contributed by atoms with E-state index in [0.29, 0.717) is 0 Å². The summed E-state index contributed by atoms with van der Waals surface area (Å²) in [5, 5.41) is 7.29. The number of nitrogens with zero attached hydrogens (tertiary/aromatic N) is 2. The topological polar surface area (TPSA) is 21.3 Å². The standard InChI is InChI=1S/C54H46N2OS/c1-6-54(7-2)44-31-25-35-17-11-12-20-40(35)50(44)52-45(54)34-48(51-42-22-14-16-24-49(42)57-53(51)52)55(37-26-29-39(30-27-37)58(3,4)5)38-28-32-47-43(33-38)41-21-13-15-23-46(41)56(47)36-18-9-8-10-19-36/h8-34H,6-7H2,1-5H3. The number of hydrogen-bond donors (Lipinski definition) is 0. The van der Waals surface area contributed by atoms with Crippen molar-refractivity contribution in [2.24, 2.45) is 0 Å². The van der Waals surface area contributed by atoms with Gasteiger partial charge in [0.15, 0.2) is 0 Å². The van der Waals surface area contributed by atoms with Crippen LogP contribution in [0.2, 0.25) is 0 Å². The van der Waals surface area contributed by atoms with Gasteiger partial charge in [0.1, 0.15) is 11.2 Å². The van der Waals surface area contributed by atoms with Crippen LogP contribution < -0.4 is 4.90 Å². The Morgan fingerprint density at radius 2 is 1.21 bits per heavy atom. The van der Waals surface area contributed by atoms with Gasteiger partial charge in [0.2, 0.25) is 0 Å². The van der Waals surface area contributed by atoms with Crippen molar-refractivity contribution in [3.8, 4) is 16.8 Å². The summed E-state index contributed by atoms with van der Waals surface area (Å²) >= 11 is 0. The maximum Gasteiger partial charge on any atom is 0.145 e. The maximum absolute atomic E-state index is 7.16. The Bertz CT molecular complexity index is 3230. The van der Waals surface area contributed by atoms with Crippen LogP contribution in [0.1, 0.15) is 37.8 Å². The molecule has 2 heterocycles. The fourth-order valence-electron chi connectivity index (χ4n) is 10.2. The van der Waals surface area contributed by atoms with Crippen molar-refractivity contribution in [3.05, 3.63) is 175 Å². The first kappa shape index (κ1) is 35.0. The highest BCUT2D eigenvalue weighted by molar-refractivity contribution is 8.32. The summed E-state index contributed by atoms with van der Waals surface area (Å²) in [7, 11) is -0.921. The fourth-order valence-corrected chi connectivity index (χ4v) is 11.1. The number of fused-ring (bicyclic) bond motifs is 12. The molecule has 2 aromatic heterocycles. The smallest absolute Gasteiger partial charge is 0.145 e. The maximum atomic E-state index is 7.16. The number of furan rings is 1. The number of benzene rings is 8. The number of anilines is 3. The molecule has 3 nitrogen and oxygen atoms in total. The van der Waals surface area contributed by atoms with E-state index in [-0.39, 0.29) is 5.41 Å². The molecule has 1 aliphatic rings. The molecule has 11 rings (SSSR count). The zero-order chi connectivity index (χ0) is 39.3. The molecule has 0 bridgehead atoms. The zero-order valence-corrected chi connectivity index (χ0v) is 34.5. The Morgan fingerprint density at radius 1 is 0.552 bits per heavy atom. The van der Waals surface area contributed by atoms with E-state index in [1.54, 1.807) is 0 Å². The Labute approximate surface area is 341 Å². The molecule has 0 saturated carbocycles. The van der Waals surface area contributed by atoms with Gasteiger partial charge in [-0.05, 0) is 137 Å². The lowest BCUT2D eigenvalue weighted by Gasteiger charge is -2.32. The van der Waals surface area contributed by atoms with Crippen molar-refractivity contribution in [1.82, 2.24) is 4.57 Å². The Hall–Kier alpha value is -6.23. The fraction of sp³-hybridized carbons (Fsp3) is 0.148. The lowest BCUT2D eigenvalue weighted by atomic mass is 9.73. The highest BCUT2D eigenvalue weighted by Crippen LogP contribution is 2.60. The van der Waals surface area contributed by atoms with Crippen molar-refractivity contribution < 1.29 is 4.42 Å². The van der Waals surface area contributed by atoms with E-state index in [1.807, 2.05) is 0 Å². The molecule has 58 heavy (non-hydrogen) atoms. The van der Waals surface area contributed by atoms with Gasteiger partial charge < -0.3 is 13.9 Å². The van der Waals surface area contributed by atoms with Crippen molar-refractivity contribution in [1.29, 1.82) is 0 Å². The van der Waals surface area contributed by atoms with Gasteiger partial charge in [-0.1, -0.05) is 105 Å². The number of hydrogen-bond acceptors (Lipinski definition) is 2. The average Bonchev–Trinajstić information content (AvgIpc) is 3.90. The SMILES string of the molecule is CCC1(CC)c2ccc3ccccc3c2-c2c1cc(N(c1ccc(S(C)(C)C)cc1)c1ccc3c(c1)c1ccccc1n3-c1ccccc1)c1c2oc2ccccc21. The Morgan fingerprint density at radius 3 is 1.97 bits per heavy atom. The van der Waals surface area contributed by atoms with Crippen molar-refractivity contribution in [2.45, 2.75) is 37.0 Å². The van der Waals surface area contributed by atoms with E-state index in [2.05, 4.69) is 206 Å². The van der Waals surface area contributed by atoms with Crippen LogP contribution in [0.5, 0.6) is 0 Å². The second-order valence-electron chi connectivity index (χ2n) is 16.7. The summed E-state index contributed by atoms with van der Waals surface area (Å²) in [6, 6.07) is 60.7. The van der Waals surface area contributed by atoms with Gasteiger partial charge in [0, 0.05) is 44.2 Å². The molecule has 0 saturated heterocycles. The molecular formula is C54H46N2OS. The molecule has 0 atom stereocenters. The summed E-state index contributed by atoms with van der Waals surface area (Å²) in [5.41, 5.74) is 14.0. The Balaban J connectivity index is 1.26. The molecule has 0 amide bonds. The van der Waals surface area contributed by atoms with Crippen LogP contribution in [-0.2, 0) is 5.41 Å². The summed E-state index contributed by atoms with van der Waals surface area (Å²) in [4.78, 5) is 3.90. The molecule has 284 valence electrons. The summed E-state index contributed by atoms with van der Waals surface area (Å²) < 4.78 is 9.56. The quantitative estimate of drug-likeness (QED) is 0.161. The van der Waals surface area contributed by atoms with E-state index >= 15 is 0 Å². The molecule has 0 aliphatic heterocycles. The van der Waals surface area contributed by atoms with E-state index in [4.69, 9.17) is 4.42 Å². The third-order valence-corrected chi connectivity index (χ3v) is 14.7. The number of rotatable bonds is 7. The van der Waals surface area contributed by atoms with Crippen molar-refractivity contribution in [3.63, 3.8) is 0 Å². The van der Waals surface area contributed by atoms with Crippen LogP contribution in [0.15, 0.2) is 173 Å². The van der Waals surface area contributed by atoms with Crippen LogP contribution >= 0.6 is 10.0 Å². The largest absolute Gasteiger partial charge is 0.455 e. The van der Waals surface area contributed by atoms with Gasteiger partial charge in [-0.15, -0.1) is 0 Å². The van der Waals surface area contributed by atoms with Gasteiger partial charge in [-0.3, -0.25) is 0 Å². The summed E-state index contributed by atoms with van der Waals surface area (Å²) in [6.45, 7) is 4.73. The van der Waals surface area contributed by atoms with Crippen LogP contribution in [0.3, 0.4) is 0 Å². The van der Waals surface area contributed by atoms with Crippen molar-refractivity contribution in [2.75, 3.05) is 23.7 Å². The first-order valence-electron chi connectivity index (χ1n) is 20.5. The molecule has 1 aliphatic carbocycles. The highest BCUT2D eigenvalue weighted by Gasteiger charge is 2.44. The number of para-hydroxylation sites is 3. The molecule has 0 N–H and O–H groups in total. The molecule has 10 aromatic rings. The molecular weight excluding hydrogens is 725 g/mol. The van der Waals surface area contributed by atoms with Crippen LogP contribution in [0.4, 0.5) is 17.1 Å². The van der Waals surface area contributed by atoms with E-state index in [0.717, 1.165) is 57.5 Å². The first-order valence-corrected chi connectivity index (χ1v) is 23.3. The van der Waals surface area contributed by atoms with E-state index in [9.17, 15) is 0 Å². The predicted molar refractivity (Wildman–Crippen MR) is 251 cm³/mol. The predicted octanol–water partition coefficient (Wildman–Crippen LogP) is 15.4.